The molecule has 10 nitrogen and oxygen atoms in total. The van der Waals surface area contributed by atoms with Gasteiger partial charge in [0.25, 0.3) is 0 Å². The van der Waals surface area contributed by atoms with Crippen LogP contribution in [0.5, 0.6) is 5.75 Å². The Balaban J connectivity index is 1.42. The molecule has 2 aromatic heterocycles. The molecule has 4 N–H and O–H groups in total. The first-order chi connectivity index (χ1) is 17.6. The van der Waals surface area contributed by atoms with E-state index in [-0.39, 0.29) is 11.9 Å². The summed E-state index contributed by atoms with van der Waals surface area (Å²) in [5, 5.41) is 23.0. The first-order valence-corrected chi connectivity index (χ1v) is 11.7. The van der Waals surface area contributed by atoms with E-state index in [1.807, 2.05) is 36.4 Å². The van der Waals surface area contributed by atoms with Crippen LogP contribution in [0.3, 0.4) is 0 Å². The molecule has 0 aliphatic rings. The van der Waals surface area contributed by atoms with E-state index in [9.17, 15) is 10.1 Å². The van der Waals surface area contributed by atoms with Crippen molar-refractivity contribution in [3.8, 4) is 23.1 Å². The van der Waals surface area contributed by atoms with Crippen molar-refractivity contribution < 1.29 is 14.7 Å². The normalized spacial score (nSPS) is 10.8. The van der Waals surface area contributed by atoms with Gasteiger partial charge in [-0.3, -0.25) is 10.0 Å². The van der Waals surface area contributed by atoms with Gasteiger partial charge < -0.3 is 10.5 Å². The minimum absolute atomic E-state index is 0.135. The maximum absolute atomic E-state index is 11.0. The zero-order valence-electron chi connectivity index (χ0n) is 19.7. The van der Waals surface area contributed by atoms with Gasteiger partial charge >= 0.3 is 0 Å². The fraction of sp³-hybridized carbons (Fsp3) is 0.269. The Morgan fingerprint density at radius 3 is 2.78 bits per heavy atom. The average molecular weight is 486 g/mol. The van der Waals surface area contributed by atoms with Crippen molar-refractivity contribution in [3.05, 3.63) is 65.9 Å². The van der Waals surface area contributed by atoms with E-state index < -0.39 is 0 Å². The van der Waals surface area contributed by atoms with Gasteiger partial charge in [0.15, 0.2) is 5.65 Å². The lowest BCUT2D eigenvalue weighted by Gasteiger charge is -2.09. The summed E-state index contributed by atoms with van der Waals surface area (Å²) in [6, 6.07) is 17.2. The van der Waals surface area contributed by atoms with Crippen LogP contribution in [-0.4, -0.2) is 37.5 Å². The maximum Gasteiger partial charge on any atom is 0.243 e. The van der Waals surface area contributed by atoms with E-state index in [0.29, 0.717) is 36.5 Å². The molecule has 0 unspecified atom stereocenters. The summed E-state index contributed by atoms with van der Waals surface area (Å²) in [5.74, 6) is 0.550. The average Bonchev–Trinajstić information content (AvgIpc) is 3.29. The minimum atomic E-state index is -0.355. The number of aromatic nitrogens is 4. The number of nitrogens with zero attached hydrogens (tertiary/aromatic N) is 5. The van der Waals surface area contributed by atoms with Gasteiger partial charge in [0, 0.05) is 12.0 Å². The molecule has 0 radical (unpaired) electrons. The molecule has 4 aromatic rings. The highest BCUT2D eigenvalue weighted by molar-refractivity contribution is 5.91. The number of benzene rings is 2. The van der Waals surface area contributed by atoms with Crippen LogP contribution in [0, 0.1) is 11.3 Å². The van der Waals surface area contributed by atoms with Crippen molar-refractivity contribution in [2.24, 2.45) is 0 Å². The van der Waals surface area contributed by atoms with E-state index in [1.165, 1.54) is 0 Å². The number of fused-ring (bicyclic) bond motifs is 1. The summed E-state index contributed by atoms with van der Waals surface area (Å²) >= 11 is 0. The number of nitrogens with two attached hydrogens (primary N) is 1. The number of hydrogen-bond acceptors (Lipinski definition) is 8. The Morgan fingerprint density at radius 1 is 1.11 bits per heavy atom. The molecule has 0 fully saturated rings. The summed E-state index contributed by atoms with van der Waals surface area (Å²) in [7, 11) is 0. The predicted octanol–water partition coefficient (Wildman–Crippen LogP) is 3.83. The molecule has 0 spiro atoms. The number of amides is 1. The van der Waals surface area contributed by atoms with Gasteiger partial charge in [-0.2, -0.15) is 15.3 Å². The quantitative estimate of drug-likeness (QED) is 0.165. The van der Waals surface area contributed by atoms with Gasteiger partial charge in [-0.25, -0.2) is 15.1 Å². The van der Waals surface area contributed by atoms with Crippen molar-refractivity contribution in [2.45, 2.75) is 38.6 Å². The van der Waals surface area contributed by atoms with Gasteiger partial charge in [0.1, 0.15) is 5.75 Å². The van der Waals surface area contributed by atoms with Crippen LogP contribution in [0.15, 0.2) is 54.7 Å². The van der Waals surface area contributed by atoms with Crippen molar-refractivity contribution >= 4 is 22.9 Å². The third-order valence-electron chi connectivity index (χ3n) is 5.70. The number of hydrogen-bond donors (Lipinski definition) is 3. The highest BCUT2D eigenvalue weighted by Crippen LogP contribution is 2.28. The molecule has 0 aliphatic carbocycles. The number of anilines is 1. The fourth-order valence-corrected chi connectivity index (χ4v) is 3.94. The number of carbonyl (C=O) groups is 1. The number of nitrogen functional groups attached to an aromatic ring is 1. The number of ether oxygens (including phenoxy) is 1. The molecule has 0 atom stereocenters. The van der Waals surface area contributed by atoms with Crippen molar-refractivity contribution in [3.63, 3.8) is 0 Å². The second-order valence-electron chi connectivity index (χ2n) is 8.36. The van der Waals surface area contributed by atoms with Crippen LogP contribution in [0.25, 0.3) is 22.3 Å². The van der Waals surface area contributed by atoms with Crippen LogP contribution in [0.2, 0.25) is 0 Å². The summed E-state index contributed by atoms with van der Waals surface area (Å²) in [5.41, 5.74) is 11.2. The van der Waals surface area contributed by atoms with Crippen LogP contribution in [0.4, 0.5) is 5.95 Å². The van der Waals surface area contributed by atoms with Crippen molar-refractivity contribution in [1.82, 2.24) is 25.2 Å². The fourth-order valence-electron chi connectivity index (χ4n) is 3.94. The molecular formula is C26H27N7O3. The Kier molecular flexibility index (Phi) is 8.05. The van der Waals surface area contributed by atoms with Crippen LogP contribution in [-0.2, 0) is 11.3 Å². The molecular weight excluding hydrogens is 458 g/mol. The first kappa shape index (κ1) is 24.6. The van der Waals surface area contributed by atoms with E-state index in [1.54, 1.807) is 28.5 Å². The van der Waals surface area contributed by atoms with Crippen molar-refractivity contribution in [2.75, 3.05) is 12.3 Å². The standard InChI is InChI=1S/C26H27N7O3/c27-15-18-7-5-9-20(13-18)24-22-16-29-33(25(22)31-26(28)30-24)17-19-8-6-10-21(14-19)36-12-4-2-1-3-11-23(34)32-35/h5-10,13-14,16,35H,1-4,11-12,17H2,(H,32,34)(H2,28,30,31). The highest BCUT2D eigenvalue weighted by atomic mass is 16.5. The number of hydroxylamine groups is 1. The predicted molar refractivity (Wildman–Crippen MR) is 134 cm³/mol. The van der Waals surface area contributed by atoms with Gasteiger partial charge in [-0.15, -0.1) is 0 Å². The Labute approximate surface area is 208 Å². The zero-order valence-corrected chi connectivity index (χ0v) is 19.7. The van der Waals surface area contributed by atoms with Crippen LogP contribution < -0.4 is 16.0 Å². The number of carbonyl (C=O) groups excluding carboxylic acids is 1. The summed E-state index contributed by atoms with van der Waals surface area (Å²) in [6.45, 7) is 1.05. The van der Waals surface area contributed by atoms with Crippen LogP contribution >= 0.6 is 0 Å². The second-order valence-corrected chi connectivity index (χ2v) is 8.36. The van der Waals surface area contributed by atoms with Gasteiger partial charge in [0.2, 0.25) is 11.9 Å². The molecule has 1 amide bonds. The third-order valence-corrected chi connectivity index (χ3v) is 5.70. The smallest absolute Gasteiger partial charge is 0.243 e. The molecule has 0 bridgehead atoms. The molecule has 0 saturated carbocycles. The lowest BCUT2D eigenvalue weighted by Crippen LogP contribution is -2.17. The highest BCUT2D eigenvalue weighted by Gasteiger charge is 2.14. The van der Waals surface area contributed by atoms with E-state index >= 15 is 0 Å². The van der Waals surface area contributed by atoms with Crippen molar-refractivity contribution in [1.29, 1.82) is 5.26 Å². The molecule has 4 rings (SSSR count). The summed E-state index contributed by atoms with van der Waals surface area (Å²) in [6.07, 6.45) is 5.49. The molecule has 10 heteroatoms. The number of unbranched alkanes of at least 4 members (excludes halogenated alkanes) is 3. The molecule has 0 saturated heterocycles. The molecule has 2 aromatic carbocycles. The minimum Gasteiger partial charge on any atom is -0.494 e. The zero-order chi connectivity index (χ0) is 25.3. The third kappa shape index (κ3) is 6.14. The van der Waals surface area contributed by atoms with E-state index in [2.05, 4.69) is 21.1 Å². The SMILES string of the molecule is N#Cc1cccc(-c2nc(N)nc3c2cnn3Cc2cccc(OCCCCCCC(=O)NO)c2)c1. The Hall–Kier alpha value is -4.49. The molecule has 2 heterocycles. The second kappa shape index (κ2) is 11.8. The molecule has 0 aliphatic heterocycles. The van der Waals surface area contributed by atoms with E-state index in [4.69, 9.17) is 15.7 Å². The number of nitrogens with one attached hydrogen (secondary N) is 1. The first-order valence-electron chi connectivity index (χ1n) is 11.7. The molecule has 184 valence electrons. The Morgan fingerprint density at radius 2 is 1.94 bits per heavy atom. The lowest BCUT2D eigenvalue weighted by atomic mass is 10.1. The van der Waals surface area contributed by atoms with Gasteiger partial charge in [-0.1, -0.05) is 37.1 Å². The summed E-state index contributed by atoms with van der Waals surface area (Å²) in [4.78, 5) is 19.8. The number of nitriles is 1. The maximum atomic E-state index is 11.0. The summed E-state index contributed by atoms with van der Waals surface area (Å²) < 4.78 is 7.67. The topological polar surface area (TPSA) is 152 Å². The van der Waals surface area contributed by atoms with Crippen LogP contribution in [0.1, 0.15) is 43.2 Å². The monoisotopic (exact) mass is 485 g/mol. The van der Waals surface area contributed by atoms with Gasteiger partial charge in [-0.05, 0) is 42.7 Å². The number of rotatable bonds is 11. The Bertz CT molecular complexity index is 1390. The van der Waals surface area contributed by atoms with E-state index in [0.717, 1.165) is 47.9 Å². The largest absolute Gasteiger partial charge is 0.494 e. The molecule has 36 heavy (non-hydrogen) atoms. The van der Waals surface area contributed by atoms with Gasteiger partial charge in [0.05, 0.1) is 42.1 Å². The lowest BCUT2D eigenvalue weighted by molar-refractivity contribution is -0.129.